The molecule has 0 atom stereocenters. The minimum atomic E-state index is -3.88. The number of carbonyl (C=O) groups excluding carboxylic acids is 1. The maximum absolute atomic E-state index is 13.0. The number of anilines is 1. The van der Waals surface area contributed by atoms with E-state index < -0.39 is 28.3 Å². The molecule has 0 aromatic heterocycles. The molecule has 1 amide bonds. The van der Waals surface area contributed by atoms with Crippen LogP contribution in [0.5, 0.6) is 0 Å². The van der Waals surface area contributed by atoms with Gasteiger partial charge in [0, 0.05) is 5.69 Å². The number of sulfonamides is 1. The van der Waals surface area contributed by atoms with Gasteiger partial charge < -0.3 is 5.32 Å². The average molecular weight is 336 g/mol. The van der Waals surface area contributed by atoms with E-state index in [1.165, 1.54) is 13.0 Å². The summed E-state index contributed by atoms with van der Waals surface area (Å²) in [4.78, 5) is 11.8. The van der Waals surface area contributed by atoms with E-state index >= 15 is 0 Å². The molecule has 0 aliphatic heterocycles. The number of halogens is 1. The van der Waals surface area contributed by atoms with Gasteiger partial charge in [0.25, 0.3) is 0 Å². The van der Waals surface area contributed by atoms with Crippen molar-refractivity contribution < 1.29 is 17.6 Å². The van der Waals surface area contributed by atoms with E-state index in [4.69, 9.17) is 0 Å². The minimum absolute atomic E-state index is 0.0537. The Labute approximate surface area is 134 Å². The second kappa shape index (κ2) is 6.89. The average Bonchev–Trinajstić information content (AvgIpc) is 2.47. The second-order valence-electron chi connectivity index (χ2n) is 5.15. The van der Waals surface area contributed by atoms with Gasteiger partial charge in [-0.2, -0.15) is 0 Å². The fourth-order valence-corrected chi connectivity index (χ4v) is 3.20. The summed E-state index contributed by atoms with van der Waals surface area (Å²) in [6, 6.07) is 10.5. The fourth-order valence-electron chi connectivity index (χ4n) is 1.99. The number of nitrogens with one attached hydrogen (secondary N) is 2. The van der Waals surface area contributed by atoms with Crippen LogP contribution in [0.2, 0.25) is 0 Å². The van der Waals surface area contributed by atoms with Crippen LogP contribution in [0.3, 0.4) is 0 Å². The summed E-state index contributed by atoms with van der Waals surface area (Å²) >= 11 is 0. The van der Waals surface area contributed by atoms with Crippen molar-refractivity contribution >= 4 is 21.6 Å². The summed E-state index contributed by atoms with van der Waals surface area (Å²) in [5, 5.41) is 2.59. The molecule has 7 heteroatoms. The molecule has 0 spiro atoms. The number of benzene rings is 2. The molecule has 0 aliphatic rings. The third-order valence-electron chi connectivity index (χ3n) is 3.18. The van der Waals surface area contributed by atoms with Gasteiger partial charge in [0.2, 0.25) is 15.9 Å². The Morgan fingerprint density at radius 2 is 1.74 bits per heavy atom. The van der Waals surface area contributed by atoms with Crippen molar-refractivity contribution in [2.24, 2.45) is 0 Å². The molecule has 2 aromatic rings. The number of aryl methyl sites for hydroxylation is 2. The molecule has 0 heterocycles. The highest BCUT2D eigenvalue weighted by Crippen LogP contribution is 2.15. The van der Waals surface area contributed by atoms with E-state index in [9.17, 15) is 17.6 Å². The molecule has 2 N–H and O–H groups in total. The van der Waals surface area contributed by atoms with Gasteiger partial charge in [-0.1, -0.05) is 17.7 Å². The van der Waals surface area contributed by atoms with E-state index in [1.807, 2.05) is 19.1 Å². The lowest BCUT2D eigenvalue weighted by Crippen LogP contribution is -2.33. The van der Waals surface area contributed by atoms with Gasteiger partial charge >= 0.3 is 0 Å². The number of hydrogen-bond donors (Lipinski definition) is 2. The molecule has 2 rings (SSSR count). The first-order valence-corrected chi connectivity index (χ1v) is 8.38. The van der Waals surface area contributed by atoms with E-state index in [0.29, 0.717) is 5.69 Å². The first-order chi connectivity index (χ1) is 10.8. The van der Waals surface area contributed by atoms with E-state index in [2.05, 4.69) is 10.0 Å². The highest BCUT2D eigenvalue weighted by atomic mass is 32.2. The molecular formula is C16H17FN2O3S. The topological polar surface area (TPSA) is 75.3 Å². The number of amides is 1. The first-order valence-electron chi connectivity index (χ1n) is 6.90. The molecule has 23 heavy (non-hydrogen) atoms. The smallest absolute Gasteiger partial charge is 0.241 e. The highest BCUT2D eigenvalue weighted by Gasteiger charge is 2.18. The summed E-state index contributed by atoms with van der Waals surface area (Å²) in [6.07, 6.45) is 0. The summed E-state index contributed by atoms with van der Waals surface area (Å²) in [5.41, 5.74) is 1.91. The van der Waals surface area contributed by atoms with Crippen molar-refractivity contribution in [2.75, 3.05) is 11.9 Å². The van der Waals surface area contributed by atoms with Crippen LogP contribution >= 0.6 is 0 Å². The lowest BCUT2D eigenvalue weighted by molar-refractivity contribution is -0.115. The molecule has 0 saturated carbocycles. The van der Waals surface area contributed by atoms with E-state index in [-0.39, 0.29) is 10.5 Å². The van der Waals surface area contributed by atoms with Crippen LogP contribution in [0.4, 0.5) is 10.1 Å². The van der Waals surface area contributed by atoms with Crippen LogP contribution in [0.15, 0.2) is 47.4 Å². The van der Waals surface area contributed by atoms with Crippen LogP contribution in [0.25, 0.3) is 0 Å². The van der Waals surface area contributed by atoms with Gasteiger partial charge in [-0.05, 0) is 49.7 Å². The first kappa shape index (κ1) is 17.1. The van der Waals surface area contributed by atoms with Crippen LogP contribution in [-0.2, 0) is 14.8 Å². The molecule has 0 radical (unpaired) electrons. The predicted molar refractivity (Wildman–Crippen MR) is 86.1 cm³/mol. The number of rotatable bonds is 5. The Balaban J connectivity index is 2.01. The van der Waals surface area contributed by atoms with Crippen molar-refractivity contribution in [2.45, 2.75) is 18.7 Å². The highest BCUT2D eigenvalue weighted by molar-refractivity contribution is 7.89. The maximum atomic E-state index is 13.0. The molecular weight excluding hydrogens is 319 g/mol. The second-order valence-corrected chi connectivity index (χ2v) is 6.88. The molecule has 2 aromatic carbocycles. The van der Waals surface area contributed by atoms with Crippen molar-refractivity contribution in [1.82, 2.24) is 4.72 Å². The molecule has 5 nitrogen and oxygen atoms in total. The largest absolute Gasteiger partial charge is 0.325 e. The van der Waals surface area contributed by atoms with Gasteiger partial charge in [0.15, 0.2) is 0 Å². The number of carbonyl (C=O) groups is 1. The minimum Gasteiger partial charge on any atom is -0.325 e. The molecule has 0 saturated heterocycles. The maximum Gasteiger partial charge on any atom is 0.241 e. The van der Waals surface area contributed by atoms with Gasteiger partial charge in [0.1, 0.15) is 5.82 Å². The molecule has 0 fully saturated rings. The fraction of sp³-hybridized carbons (Fsp3) is 0.188. The zero-order valence-electron chi connectivity index (χ0n) is 12.8. The summed E-state index contributed by atoms with van der Waals surface area (Å²) in [6.45, 7) is 3.00. The lowest BCUT2D eigenvalue weighted by Gasteiger charge is -2.10. The molecule has 0 aliphatic carbocycles. The van der Waals surface area contributed by atoms with Gasteiger partial charge in [0.05, 0.1) is 11.4 Å². The third kappa shape index (κ3) is 4.61. The zero-order valence-corrected chi connectivity index (χ0v) is 13.6. The molecule has 0 unspecified atom stereocenters. The third-order valence-corrected chi connectivity index (χ3v) is 4.75. The van der Waals surface area contributed by atoms with Gasteiger partial charge in [-0.15, -0.1) is 0 Å². The van der Waals surface area contributed by atoms with Crippen LogP contribution < -0.4 is 10.0 Å². The van der Waals surface area contributed by atoms with Crippen molar-refractivity contribution in [1.29, 1.82) is 0 Å². The monoisotopic (exact) mass is 336 g/mol. The predicted octanol–water partition coefficient (Wildman–Crippen LogP) is 2.36. The quantitative estimate of drug-likeness (QED) is 0.880. The Morgan fingerprint density at radius 1 is 1.09 bits per heavy atom. The Kier molecular flexibility index (Phi) is 5.12. The van der Waals surface area contributed by atoms with E-state index in [0.717, 1.165) is 17.7 Å². The zero-order chi connectivity index (χ0) is 17.0. The van der Waals surface area contributed by atoms with Crippen LogP contribution in [0.1, 0.15) is 11.1 Å². The Bertz CT molecular complexity index is 818. The summed E-state index contributed by atoms with van der Waals surface area (Å²) in [5.74, 6) is -1.00. The lowest BCUT2D eigenvalue weighted by atomic mass is 10.2. The standard InChI is InChI=1S/C16H17FN2O3S/c1-11-3-6-14(7-4-11)19-16(20)10-18-23(21,22)15-8-5-13(17)9-12(15)2/h3-9,18H,10H2,1-2H3,(H,19,20). The summed E-state index contributed by atoms with van der Waals surface area (Å²) < 4.78 is 39.6. The van der Waals surface area contributed by atoms with Gasteiger partial charge in [-0.25, -0.2) is 17.5 Å². The van der Waals surface area contributed by atoms with Gasteiger partial charge in [-0.3, -0.25) is 4.79 Å². The SMILES string of the molecule is Cc1ccc(NC(=O)CNS(=O)(=O)c2ccc(F)cc2C)cc1. The van der Waals surface area contributed by atoms with Crippen LogP contribution in [-0.4, -0.2) is 20.9 Å². The normalized spacial score (nSPS) is 11.3. The Morgan fingerprint density at radius 3 is 2.35 bits per heavy atom. The summed E-state index contributed by atoms with van der Waals surface area (Å²) in [7, 11) is -3.88. The number of hydrogen-bond acceptors (Lipinski definition) is 3. The van der Waals surface area contributed by atoms with Crippen molar-refractivity contribution in [3.8, 4) is 0 Å². The van der Waals surface area contributed by atoms with Crippen LogP contribution in [0, 0.1) is 19.7 Å². The van der Waals surface area contributed by atoms with Crippen molar-refractivity contribution in [3.63, 3.8) is 0 Å². The van der Waals surface area contributed by atoms with Crippen molar-refractivity contribution in [3.05, 3.63) is 59.4 Å². The van der Waals surface area contributed by atoms with E-state index in [1.54, 1.807) is 12.1 Å². The molecule has 0 bridgehead atoms. The Hall–Kier alpha value is -2.25. The molecule has 122 valence electrons.